The van der Waals surface area contributed by atoms with Gasteiger partial charge in [-0.3, -0.25) is 4.98 Å². The van der Waals surface area contributed by atoms with Gasteiger partial charge in [-0.2, -0.15) is 0 Å². The molecule has 0 saturated heterocycles. The van der Waals surface area contributed by atoms with Gasteiger partial charge in [0, 0.05) is 6.20 Å². The number of nitrogens with zero attached hydrogens (tertiary/aromatic N) is 1. The van der Waals surface area contributed by atoms with Crippen LogP contribution in [0.2, 0.25) is 0 Å². The van der Waals surface area contributed by atoms with E-state index in [2.05, 4.69) is 11.9 Å². The lowest BCUT2D eigenvalue weighted by Crippen LogP contribution is -2.17. The van der Waals surface area contributed by atoms with E-state index in [9.17, 15) is 4.39 Å². The molecule has 0 aliphatic carbocycles. The van der Waals surface area contributed by atoms with Crippen molar-refractivity contribution in [2.24, 2.45) is 11.7 Å². The lowest BCUT2D eigenvalue weighted by Gasteiger charge is -2.17. The third-order valence-corrected chi connectivity index (χ3v) is 2.48. The third-order valence-electron chi connectivity index (χ3n) is 2.48. The fourth-order valence-corrected chi connectivity index (χ4v) is 1.21. The van der Waals surface area contributed by atoms with E-state index in [1.54, 1.807) is 6.20 Å². The zero-order valence-electron chi connectivity index (χ0n) is 8.00. The molecule has 0 bridgehead atoms. The molecule has 0 amide bonds. The molecule has 1 rings (SSSR count). The molecule has 0 spiro atoms. The Kier molecular flexibility index (Phi) is 3.37. The second-order valence-electron chi connectivity index (χ2n) is 3.44. The Morgan fingerprint density at radius 3 is 2.69 bits per heavy atom. The summed E-state index contributed by atoms with van der Waals surface area (Å²) in [5, 5.41) is 0. The van der Waals surface area contributed by atoms with Crippen LogP contribution in [0.3, 0.4) is 0 Å². The number of aromatic nitrogens is 1. The zero-order valence-corrected chi connectivity index (χ0v) is 8.00. The van der Waals surface area contributed by atoms with Crippen LogP contribution < -0.4 is 5.73 Å². The number of pyridine rings is 1. The van der Waals surface area contributed by atoms with E-state index in [1.165, 1.54) is 12.3 Å². The number of nitrogens with two attached hydrogens (primary N) is 1. The predicted octanol–water partition coefficient (Wildman–Crippen LogP) is 1.92. The Labute approximate surface area is 78.0 Å². The van der Waals surface area contributed by atoms with E-state index in [1.807, 2.05) is 6.92 Å². The molecule has 1 heterocycles. The van der Waals surface area contributed by atoms with Crippen molar-refractivity contribution in [3.05, 3.63) is 29.8 Å². The van der Waals surface area contributed by atoms with Crippen LogP contribution in [0.5, 0.6) is 0 Å². The summed E-state index contributed by atoms with van der Waals surface area (Å²) in [4.78, 5) is 3.81. The van der Waals surface area contributed by atoms with Gasteiger partial charge in [-0.15, -0.1) is 0 Å². The monoisotopic (exact) mass is 182 g/mol. The maximum atomic E-state index is 12.8. The highest BCUT2D eigenvalue weighted by molar-refractivity contribution is 5.15. The summed E-state index contributed by atoms with van der Waals surface area (Å²) >= 11 is 0. The molecule has 0 radical (unpaired) electrons. The highest BCUT2D eigenvalue weighted by Gasteiger charge is 2.13. The minimum absolute atomic E-state index is 0.258. The van der Waals surface area contributed by atoms with Gasteiger partial charge in [0.25, 0.3) is 0 Å². The first-order valence-corrected chi connectivity index (χ1v) is 4.45. The highest BCUT2D eigenvalue weighted by atomic mass is 19.1. The van der Waals surface area contributed by atoms with Crippen molar-refractivity contribution in [3.63, 3.8) is 0 Å². The van der Waals surface area contributed by atoms with Gasteiger partial charge in [0.15, 0.2) is 0 Å². The van der Waals surface area contributed by atoms with Gasteiger partial charge in [-0.1, -0.05) is 13.8 Å². The number of rotatable bonds is 3. The van der Waals surface area contributed by atoms with Gasteiger partial charge in [0.1, 0.15) is 5.82 Å². The van der Waals surface area contributed by atoms with Crippen LogP contribution in [0, 0.1) is 11.7 Å². The second-order valence-corrected chi connectivity index (χ2v) is 3.44. The van der Waals surface area contributed by atoms with Crippen molar-refractivity contribution < 1.29 is 4.39 Å². The molecule has 0 aromatic carbocycles. The molecule has 2 atom stereocenters. The first-order valence-electron chi connectivity index (χ1n) is 4.45. The molecule has 0 aliphatic heterocycles. The summed E-state index contributed by atoms with van der Waals surface area (Å²) in [7, 11) is 0. The molecule has 0 saturated carbocycles. The molecule has 1 aromatic rings. The minimum Gasteiger partial charge on any atom is -0.330 e. The topological polar surface area (TPSA) is 38.9 Å². The van der Waals surface area contributed by atoms with Crippen LogP contribution in [0.4, 0.5) is 4.39 Å². The summed E-state index contributed by atoms with van der Waals surface area (Å²) in [5.74, 6) is 0.324. The largest absolute Gasteiger partial charge is 0.330 e. The van der Waals surface area contributed by atoms with Gasteiger partial charge in [-0.25, -0.2) is 4.39 Å². The van der Waals surface area contributed by atoms with Crippen molar-refractivity contribution in [1.82, 2.24) is 4.98 Å². The molecule has 3 heteroatoms. The average Bonchev–Trinajstić information content (AvgIpc) is 2.15. The van der Waals surface area contributed by atoms with Gasteiger partial charge >= 0.3 is 0 Å². The summed E-state index contributed by atoms with van der Waals surface area (Å²) in [6.45, 7) is 4.70. The Bertz CT molecular complexity index is 275. The minimum atomic E-state index is -0.284. The molecule has 13 heavy (non-hydrogen) atoms. The van der Waals surface area contributed by atoms with Gasteiger partial charge in [0.05, 0.1) is 6.20 Å². The molecule has 0 fully saturated rings. The van der Waals surface area contributed by atoms with Crippen LogP contribution in [-0.4, -0.2) is 11.5 Å². The van der Waals surface area contributed by atoms with E-state index in [-0.39, 0.29) is 11.7 Å². The SMILES string of the molecule is CC(CN)C(C)c1cncc(F)c1. The van der Waals surface area contributed by atoms with E-state index < -0.39 is 0 Å². The Balaban J connectivity index is 2.82. The smallest absolute Gasteiger partial charge is 0.141 e. The van der Waals surface area contributed by atoms with Gasteiger partial charge in [-0.05, 0) is 30.0 Å². The van der Waals surface area contributed by atoms with Crippen molar-refractivity contribution in [3.8, 4) is 0 Å². The summed E-state index contributed by atoms with van der Waals surface area (Å²) in [6.07, 6.45) is 2.91. The van der Waals surface area contributed by atoms with Crippen molar-refractivity contribution in [1.29, 1.82) is 0 Å². The van der Waals surface area contributed by atoms with E-state index >= 15 is 0 Å². The molecular formula is C10H15FN2. The fraction of sp³-hybridized carbons (Fsp3) is 0.500. The maximum absolute atomic E-state index is 12.8. The zero-order chi connectivity index (χ0) is 9.84. The molecule has 2 nitrogen and oxygen atoms in total. The van der Waals surface area contributed by atoms with Gasteiger partial charge < -0.3 is 5.73 Å². The summed E-state index contributed by atoms with van der Waals surface area (Å²) in [5.41, 5.74) is 6.45. The first-order chi connectivity index (χ1) is 6.15. The quantitative estimate of drug-likeness (QED) is 0.775. The average molecular weight is 182 g/mol. The molecule has 2 N–H and O–H groups in total. The lowest BCUT2D eigenvalue weighted by atomic mass is 9.90. The van der Waals surface area contributed by atoms with Gasteiger partial charge in [0.2, 0.25) is 0 Å². The Morgan fingerprint density at radius 1 is 1.46 bits per heavy atom. The first kappa shape index (κ1) is 10.1. The molecule has 1 aromatic heterocycles. The van der Waals surface area contributed by atoms with Crippen molar-refractivity contribution >= 4 is 0 Å². The number of halogens is 1. The number of hydrogen-bond acceptors (Lipinski definition) is 2. The third kappa shape index (κ3) is 2.49. The molecular weight excluding hydrogens is 167 g/mol. The Hall–Kier alpha value is -0.960. The fourth-order valence-electron chi connectivity index (χ4n) is 1.21. The highest BCUT2D eigenvalue weighted by Crippen LogP contribution is 2.22. The normalized spacial score (nSPS) is 15.4. The van der Waals surface area contributed by atoms with Crippen LogP contribution in [0.25, 0.3) is 0 Å². The summed E-state index contributed by atoms with van der Waals surface area (Å²) in [6, 6.07) is 1.52. The summed E-state index contributed by atoms with van der Waals surface area (Å²) < 4.78 is 12.8. The lowest BCUT2D eigenvalue weighted by molar-refractivity contribution is 0.494. The van der Waals surface area contributed by atoms with E-state index in [4.69, 9.17) is 5.73 Å². The molecule has 72 valence electrons. The van der Waals surface area contributed by atoms with Crippen LogP contribution in [-0.2, 0) is 0 Å². The van der Waals surface area contributed by atoms with E-state index in [0.717, 1.165) is 5.56 Å². The predicted molar refractivity (Wildman–Crippen MR) is 50.8 cm³/mol. The maximum Gasteiger partial charge on any atom is 0.141 e. The van der Waals surface area contributed by atoms with Crippen LogP contribution in [0.15, 0.2) is 18.5 Å². The second kappa shape index (κ2) is 4.33. The standard InChI is InChI=1S/C10H15FN2/c1-7(4-12)8(2)9-3-10(11)6-13-5-9/h3,5-8H,4,12H2,1-2H3. The van der Waals surface area contributed by atoms with Crippen molar-refractivity contribution in [2.75, 3.05) is 6.54 Å². The molecule has 2 unspecified atom stereocenters. The number of hydrogen-bond donors (Lipinski definition) is 1. The van der Waals surface area contributed by atoms with E-state index in [0.29, 0.717) is 12.5 Å². The van der Waals surface area contributed by atoms with Crippen molar-refractivity contribution in [2.45, 2.75) is 19.8 Å². The van der Waals surface area contributed by atoms with Crippen LogP contribution in [0.1, 0.15) is 25.3 Å². The Morgan fingerprint density at radius 2 is 2.15 bits per heavy atom. The molecule has 0 aliphatic rings. The van der Waals surface area contributed by atoms with Crippen LogP contribution >= 0.6 is 0 Å².